The molecule has 0 unspecified atom stereocenters. The molecule has 0 amide bonds. The van der Waals surface area contributed by atoms with Crippen LogP contribution in [0.15, 0.2) is 5.38 Å². The van der Waals surface area contributed by atoms with Crippen LogP contribution >= 0.6 is 11.3 Å². The lowest BCUT2D eigenvalue weighted by molar-refractivity contribution is 0.0595. The van der Waals surface area contributed by atoms with Crippen LogP contribution in [-0.2, 0) is 9.47 Å². The van der Waals surface area contributed by atoms with Gasteiger partial charge in [-0.05, 0) is 6.42 Å². The molecule has 0 saturated heterocycles. The monoisotopic (exact) mass is 244 g/mol. The van der Waals surface area contributed by atoms with Crippen molar-refractivity contribution in [1.29, 1.82) is 0 Å². The summed E-state index contributed by atoms with van der Waals surface area (Å²) in [5.74, 6) is -0.396. The highest BCUT2D eigenvalue weighted by atomic mass is 32.1. The van der Waals surface area contributed by atoms with Gasteiger partial charge in [0, 0.05) is 32.7 Å². The quantitative estimate of drug-likeness (QED) is 0.559. The molecule has 0 saturated carbocycles. The molecule has 0 aromatic carbocycles. The highest BCUT2D eigenvalue weighted by molar-refractivity contribution is 7.13. The Labute approximate surface area is 99.0 Å². The summed E-state index contributed by atoms with van der Waals surface area (Å²) in [4.78, 5) is 17.4. The summed E-state index contributed by atoms with van der Waals surface area (Å²) in [6, 6.07) is 0. The van der Waals surface area contributed by atoms with Crippen molar-refractivity contribution in [3.05, 3.63) is 11.1 Å². The van der Waals surface area contributed by atoms with Gasteiger partial charge in [-0.25, -0.2) is 9.78 Å². The minimum absolute atomic E-state index is 0.362. The average Bonchev–Trinajstić information content (AvgIpc) is 2.77. The fourth-order valence-electron chi connectivity index (χ4n) is 1.18. The van der Waals surface area contributed by atoms with Gasteiger partial charge < -0.3 is 14.4 Å². The largest absolute Gasteiger partial charge is 0.464 e. The highest BCUT2D eigenvalue weighted by Crippen LogP contribution is 2.19. The number of aromatic nitrogens is 1. The van der Waals surface area contributed by atoms with Gasteiger partial charge in [-0.15, -0.1) is 11.3 Å². The maximum absolute atomic E-state index is 11.2. The predicted molar refractivity (Wildman–Crippen MR) is 63.2 cm³/mol. The average molecular weight is 244 g/mol. The van der Waals surface area contributed by atoms with Crippen molar-refractivity contribution in [2.24, 2.45) is 0 Å². The Kier molecular flexibility index (Phi) is 5.21. The fourth-order valence-corrected chi connectivity index (χ4v) is 1.97. The standard InChI is InChI=1S/C10H16N2O3S/c1-12(5-4-6-14-2)10-11-8(7-16-10)9(13)15-3/h7H,4-6H2,1-3H3. The smallest absolute Gasteiger partial charge is 0.357 e. The molecule has 90 valence electrons. The molecule has 16 heavy (non-hydrogen) atoms. The van der Waals surface area contributed by atoms with Crippen molar-refractivity contribution in [1.82, 2.24) is 4.98 Å². The molecule has 0 fully saturated rings. The second kappa shape index (κ2) is 6.44. The Morgan fingerprint density at radius 1 is 1.56 bits per heavy atom. The van der Waals surface area contributed by atoms with E-state index in [1.807, 2.05) is 11.9 Å². The van der Waals surface area contributed by atoms with Crippen molar-refractivity contribution in [3.63, 3.8) is 0 Å². The van der Waals surface area contributed by atoms with Crippen LogP contribution in [0.5, 0.6) is 0 Å². The molecule has 0 atom stereocenters. The van der Waals surface area contributed by atoms with Crippen molar-refractivity contribution in [2.45, 2.75) is 6.42 Å². The highest BCUT2D eigenvalue weighted by Gasteiger charge is 2.12. The van der Waals surface area contributed by atoms with E-state index in [1.54, 1.807) is 12.5 Å². The number of anilines is 1. The van der Waals surface area contributed by atoms with E-state index in [9.17, 15) is 4.79 Å². The molecule has 0 aliphatic heterocycles. The van der Waals surface area contributed by atoms with E-state index >= 15 is 0 Å². The van der Waals surface area contributed by atoms with Crippen molar-refractivity contribution < 1.29 is 14.3 Å². The maximum atomic E-state index is 11.2. The van der Waals surface area contributed by atoms with Crippen LogP contribution in [0, 0.1) is 0 Å². The Balaban J connectivity index is 2.52. The predicted octanol–water partition coefficient (Wildman–Crippen LogP) is 1.40. The molecule has 0 spiro atoms. The summed E-state index contributed by atoms with van der Waals surface area (Å²) in [6.45, 7) is 1.57. The zero-order valence-electron chi connectivity index (χ0n) is 9.73. The van der Waals surface area contributed by atoms with Crippen LogP contribution in [0.2, 0.25) is 0 Å². The number of esters is 1. The van der Waals surface area contributed by atoms with E-state index in [-0.39, 0.29) is 0 Å². The van der Waals surface area contributed by atoms with Crippen molar-refractivity contribution >= 4 is 22.4 Å². The zero-order chi connectivity index (χ0) is 12.0. The van der Waals surface area contributed by atoms with Crippen LogP contribution < -0.4 is 4.90 Å². The Hall–Kier alpha value is -1.14. The van der Waals surface area contributed by atoms with Crippen LogP contribution in [0.3, 0.4) is 0 Å². The lowest BCUT2D eigenvalue weighted by Crippen LogP contribution is -2.19. The summed E-state index contributed by atoms with van der Waals surface area (Å²) in [5.41, 5.74) is 0.362. The second-order valence-corrected chi connectivity index (χ2v) is 4.11. The normalized spacial score (nSPS) is 10.2. The SMILES string of the molecule is COCCCN(C)c1nc(C(=O)OC)cs1. The van der Waals surface area contributed by atoms with Gasteiger partial charge in [0.05, 0.1) is 7.11 Å². The first-order valence-electron chi connectivity index (χ1n) is 4.93. The molecular weight excluding hydrogens is 228 g/mol. The first-order valence-corrected chi connectivity index (χ1v) is 5.81. The number of ether oxygens (including phenoxy) is 2. The summed E-state index contributed by atoms with van der Waals surface area (Å²) in [7, 11) is 4.97. The van der Waals surface area contributed by atoms with Crippen LogP contribution in [0.25, 0.3) is 0 Å². The van der Waals surface area contributed by atoms with E-state index in [0.29, 0.717) is 5.69 Å². The Morgan fingerprint density at radius 3 is 2.94 bits per heavy atom. The fraction of sp³-hybridized carbons (Fsp3) is 0.600. The molecule has 6 heteroatoms. The molecule has 0 radical (unpaired) electrons. The van der Waals surface area contributed by atoms with Gasteiger partial charge in [0.15, 0.2) is 10.8 Å². The van der Waals surface area contributed by atoms with Crippen LogP contribution in [0.4, 0.5) is 5.13 Å². The number of hydrogen-bond donors (Lipinski definition) is 0. The second-order valence-electron chi connectivity index (χ2n) is 3.27. The first-order chi connectivity index (χ1) is 7.69. The van der Waals surface area contributed by atoms with Crippen LogP contribution in [-0.4, -0.2) is 45.4 Å². The van der Waals surface area contributed by atoms with Gasteiger partial charge in [0.25, 0.3) is 0 Å². The molecule has 0 N–H and O–H groups in total. The molecule has 5 nitrogen and oxygen atoms in total. The first kappa shape index (κ1) is 12.9. The van der Waals surface area contributed by atoms with Gasteiger partial charge in [-0.3, -0.25) is 0 Å². The number of nitrogens with zero attached hydrogens (tertiary/aromatic N) is 2. The minimum atomic E-state index is -0.396. The number of rotatable bonds is 6. The molecule has 1 aromatic rings. The molecule has 1 aromatic heterocycles. The van der Waals surface area contributed by atoms with Gasteiger partial charge in [0.1, 0.15) is 0 Å². The molecule has 0 aliphatic rings. The van der Waals surface area contributed by atoms with Crippen molar-refractivity contribution in [3.8, 4) is 0 Å². The van der Waals surface area contributed by atoms with Gasteiger partial charge in [-0.1, -0.05) is 0 Å². The topological polar surface area (TPSA) is 51.7 Å². The number of methoxy groups -OCH3 is 2. The number of carbonyl (C=O) groups is 1. The third-order valence-electron chi connectivity index (χ3n) is 2.06. The lowest BCUT2D eigenvalue weighted by atomic mass is 10.4. The Bertz CT molecular complexity index is 341. The number of hydrogen-bond acceptors (Lipinski definition) is 6. The van der Waals surface area contributed by atoms with Crippen LogP contribution in [0.1, 0.15) is 16.9 Å². The summed E-state index contributed by atoms with van der Waals surface area (Å²) >= 11 is 1.43. The summed E-state index contributed by atoms with van der Waals surface area (Å²) in [6.07, 6.45) is 0.931. The third kappa shape index (κ3) is 3.46. The zero-order valence-corrected chi connectivity index (χ0v) is 10.5. The van der Waals surface area contributed by atoms with E-state index in [1.165, 1.54) is 18.4 Å². The number of carbonyl (C=O) groups excluding carboxylic acids is 1. The van der Waals surface area contributed by atoms with Gasteiger partial charge in [0.2, 0.25) is 0 Å². The van der Waals surface area contributed by atoms with Crippen molar-refractivity contribution in [2.75, 3.05) is 39.3 Å². The summed E-state index contributed by atoms with van der Waals surface area (Å²) in [5, 5.41) is 2.52. The third-order valence-corrected chi connectivity index (χ3v) is 3.01. The maximum Gasteiger partial charge on any atom is 0.357 e. The molecular formula is C10H16N2O3S. The van der Waals surface area contributed by atoms with Gasteiger partial charge in [-0.2, -0.15) is 0 Å². The van der Waals surface area contributed by atoms with E-state index in [2.05, 4.69) is 9.72 Å². The summed E-state index contributed by atoms with van der Waals surface area (Å²) < 4.78 is 9.57. The van der Waals surface area contributed by atoms with E-state index < -0.39 is 5.97 Å². The van der Waals surface area contributed by atoms with Gasteiger partial charge >= 0.3 is 5.97 Å². The Morgan fingerprint density at radius 2 is 2.31 bits per heavy atom. The van der Waals surface area contributed by atoms with E-state index in [4.69, 9.17) is 4.74 Å². The lowest BCUT2D eigenvalue weighted by Gasteiger charge is -2.14. The molecule has 0 bridgehead atoms. The number of thiazole rings is 1. The molecule has 0 aliphatic carbocycles. The minimum Gasteiger partial charge on any atom is -0.464 e. The molecule has 1 heterocycles. The van der Waals surface area contributed by atoms with E-state index in [0.717, 1.165) is 24.7 Å². The molecule has 1 rings (SSSR count).